The second-order valence-electron chi connectivity index (χ2n) is 10.7. The molecular formula is C28H30F3N5O3S2. The predicted octanol–water partition coefficient (Wildman–Crippen LogP) is 5.47. The van der Waals surface area contributed by atoms with Gasteiger partial charge in [-0.2, -0.15) is 13.2 Å². The standard InChI is InChI=1S/C28H30F3N5O3S2/c1-3-35-8-7-17-12-21(19(16-5-6-16)11-18(17)15-35)33-27-32-14-20(28(29,30)31)24(34-27)22-13-23-25(40-22)26(37)36(4-2)9-10-41(23,38)39/h11-14,16H,3-10,15H2,1-2H3,(H,32,33,34). The maximum absolute atomic E-state index is 14.1. The van der Waals surface area contributed by atoms with Gasteiger partial charge in [-0.1, -0.05) is 13.0 Å². The van der Waals surface area contributed by atoms with Crippen molar-refractivity contribution in [2.45, 2.75) is 56.6 Å². The van der Waals surface area contributed by atoms with Crippen LogP contribution in [0.4, 0.5) is 24.8 Å². The van der Waals surface area contributed by atoms with Crippen molar-refractivity contribution in [1.82, 2.24) is 19.8 Å². The molecule has 0 atom stereocenters. The fourth-order valence-electron chi connectivity index (χ4n) is 5.51. The van der Waals surface area contributed by atoms with Gasteiger partial charge in [0.25, 0.3) is 5.91 Å². The Bertz CT molecular complexity index is 1630. The fourth-order valence-corrected chi connectivity index (χ4v) is 8.47. The van der Waals surface area contributed by atoms with E-state index in [0.717, 1.165) is 73.7 Å². The summed E-state index contributed by atoms with van der Waals surface area (Å²) < 4.78 is 68.3. The molecule has 1 fully saturated rings. The Labute approximate surface area is 240 Å². The van der Waals surface area contributed by atoms with Crippen LogP contribution in [0.15, 0.2) is 29.3 Å². The van der Waals surface area contributed by atoms with Gasteiger partial charge in [-0.25, -0.2) is 18.4 Å². The van der Waals surface area contributed by atoms with E-state index in [2.05, 4.69) is 39.2 Å². The minimum absolute atomic E-state index is 0.0196. The molecular weight excluding hydrogens is 575 g/mol. The number of likely N-dealkylation sites (N-methyl/N-ethyl adjacent to an activating group) is 1. The number of halogens is 3. The summed E-state index contributed by atoms with van der Waals surface area (Å²) in [5.74, 6) is -0.449. The molecule has 1 aliphatic carbocycles. The molecule has 2 aliphatic heterocycles. The van der Waals surface area contributed by atoms with Gasteiger partial charge in [0.2, 0.25) is 5.95 Å². The van der Waals surface area contributed by atoms with Crippen molar-refractivity contribution in [3.8, 4) is 10.6 Å². The largest absolute Gasteiger partial charge is 0.420 e. The van der Waals surface area contributed by atoms with Crippen LogP contribution in [0.25, 0.3) is 10.6 Å². The van der Waals surface area contributed by atoms with Crippen LogP contribution in [0.5, 0.6) is 0 Å². The van der Waals surface area contributed by atoms with Gasteiger partial charge in [-0.3, -0.25) is 9.69 Å². The minimum Gasteiger partial charge on any atom is -0.337 e. The lowest BCUT2D eigenvalue weighted by Crippen LogP contribution is -2.31. The van der Waals surface area contributed by atoms with Crippen LogP contribution in [-0.2, 0) is 29.0 Å². The van der Waals surface area contributed by atoms with E-state index >= 15 is 0 Å². The van der Waals surface area contributed by atoms with Crippen LogP contribution >= 0.6 is 11.3 Å². The molecule has 4 heterocycles. The maximum atomic E-state index is 14.1. The number of carbonyl (C=O) groups excluding carboxylic acids is 1. The molecule has 0 saturated heterocycles. The first-order chi connectivity index (χ1) is 19.5. The highest BCUT2D eigenvalue weighted by Crippen LogP contribution is 2.46. The van der Waals surface area contributed by atoms with Crippen LogP contribution in [-0.4, -0.2) is 66.0 Å². The van der Waals surface area contributed by atoms with Crippen molar-refractivity contribution in [1.29, 1.82) is 0 Å². The molecule has 2 aromatic heterocycles. The number of sulfone groups is 1. The van der Waals surface area contributed by atoms with Crippen molar-refractivity contribution < 1.29 is 26.4 Å². The van der Waals surface area contributed by atoms with E-state index in [1.54, 1.807) is 6.92 Å². The van der Waals surface area contributed by atoms with Crippen LogP contribution in [0.2, 0.25) is 0 Å². The Morgan fingerprint density at radius 2 is 1.88 bits per heavy atom. The monoisotopic (exact) mass is 605 g/mol. The van der Waals surface area contributed by atoms with Crippen molar-refractivity contribution in [2.24, 2.45) is 0 Å². The van der Waals surface area contributed by atoms with Gasteiger partial charge in [-0.05, 0) is 67.5 Å². The highest BCUT2D eigenvalue weighted by Gasteiger charge is 2.39. The Morgan fingerprint density at radius 3 is 2.56 bits per heavy atom. The quantitative estimate of drug-likeness (QED) is 0.398. The molecule has 218 valence electrons. The topological polar surface area (TPSA) is 95.5 Å². The fraction of sp³-hybridized carbons (Fsp3) is 0.464. The predicted molar refractivity (Wildman–Crippen MR) is 150 cm³/mol. The Morgan fingerprint density at radius 1 is 1.10 bits per heavy atom. The van der Waals surface area contributed by atoms with Gasteiger partial charge >= 0.3 is 6.18 Å². The van der Waals surface area contributed by atoms with Gasteiger partial charge in [0, 0.05) is 38.1 Å². The number of thiophene rings is 1. The lowest BCUT2D eigenvalue weighted by molar-refractivity contribution is -0.137. The number of benzene rings is 1. The summed E-state index contributed by atoms with van der Waals surface area (Å²) in [7, 11) is -3.87. The average molecular weight is 606 g/mol. The lowest BCUT2D eigenvalue weighted by Gasteiger charge is -2.29. The highest BCUT2D eigenvalue weighted by atomic mass is 32.2. The van der Waals surface area contributed by atoms with Gasteiger partial charge in [0.05, 0.1) is 21.2 Å². The summed E-state index contributed by atoms with van der Waals surface area (Å²) >= 11 is 0.722. The zero-order valence-corrected chi connectivity index (χ0v) is 24.3. The van der Waals surface area contributed by atoms with E-state index in [4.69, 9.17) is 0 Å². The lowest BCUT2D eigenvalue weighted by atomic mass is 9.94. The number of nitrogens with zero attached hydrogens (tertiary/aromatic N) is 4. The van der Waals surface area contributed by atoms with Crippen molar-refractivity contribution in [2.75, 3.05) is 37.2 Å². The van der Waals surface area contributed by atoms with E-state index in [9.17, 15) is 26.4 Å². The first kappa shape index (κ1) is 28.1. The van der Waals surface area contributed by atoms with E-state index in [1.165, 1.54) is 16.0 Å². The number of hydrogen-bond acceptors (Lipinski definition) is 8. The van der Waals surface area contributed by atoms with Crippen molar-refractivity contribution in [3.63, 3.8) is 0 Å². The van der Waals surface area contributed by atoms with Crippen LogP contribution < -0.4 is 5.32 Å². The second kappa shape index (κ2) is 10.4. The molecule has 0 radical (unpaired) electrons. The number of fused-ring (bicyclic) bond motifs is 2. The third kappa shape index (κ3) is 5.35. The first-order valence-corrected chi connectivity index (χ1v) is 16.2. The average Bonchev–Trinajstić information content (AvgIpc) is 3.69. The van der Waals surface area contributed by atoms with E-state index in [-0.39, 0.29) is 39.4 Å². The molecule has 6 rings (SSSR count). The summed E-state index contributed by atoms with van der Waals surface area (Å²) in [6.07, 6.45) is -1.10. The number of nitrogens with one attached hydrogen (secondary N) is 1. The van der Waals surface area contributed by atoms with Crippen LogP contribution in [0, 0.1) is 0 Å². The molecule has 13 heteroatoms. The van der Waals surface area contributed by atoms with Crippen molar-refractivity contribution >= 4 is 38.7 Å². The number of amides is 1. The summed E-state index contributed by atoms with van der Waals surface area (Å²) in [6, 6.07) is 5.42. The molecule has 3 aromatic rings. The molecule has 3 aliphatic rings. The molecule has 1 N–H and O–H groups in total. The van der Waals surface area contributed by atoms with Gasteiger partial charge < -0.3 is 10.2 Å². The summed E-state index contributed by atoms with van der Waals surface area (Å²) in [6.45, 7) is 6.96. The number of alkyl halides is 3. The smallest absolute Gasteiger partial charge is 0.337 e. The molecule has 0 bridgehead atoms. The van der Waals surface area contributed by atoms with E-state index in [0.29, 0.717) is 5.92 Å². The van der Waals surface area contributed by atoms with Crippen LogP contribution in [0.3, 0.4) is 0 Å². The van der Waals surface area contributed by atoms with E-state index < -0.39 is 33.2 Å². The number of aromatic nitrogens is 2. The third-order valence-electron chi connectivity index (χ3n) is 8.03. The minimum atomic E-state index is -4.79. The summed E-state index contributed by atoms with van der Waals surface area (Å²) in [5, 5.41) is 3.18. The Kier molecular flexibility index (Phi) is 7.10. The number of rotatable bonds is 6. The van der Waals surface area contributed by atoms with Gasteiger partial charge in [0.15, 0.2) is 9.84 Å². The third-order valence-corrected chi connectivity index (χ3v) is 11.0. The molecule has 1 amide bonds. The zero-order valence-electron chi connectivity index (χ0n) is 22.7. The first-order valence-electron chi connectivity index (χ1n) is 13.7. The SMILES string of the molecule is CCN1CCc2cc(Nc3ncc(C(F)(F)F)c(-c4cc5c(s4)C(=O)N(CC)CCS5(=O)=O)n3)c(C3CC3)cc2C1. The molecule has 0 spiro atoms. The second-order valence-corrected chi connectivity index (χ2v) is 13.8. The van der Waals surface area contributed by atoms with Gasteiger partial charge in [0.1, 0.15) is 10.4 Å². The number of carbonyl (C=O) groups is 1. The van der Waals surface area contributed by atoms with Crippen LogP contribution in [0.1, 0.15) is 64.5 Å². The Balaban J connectivity index is 1.42. The molecule has 8 nitrogen and oxygen atoms in total. The molecule has 1 saturated carbocycles. The number of anilines is 2. The molecule has 41 heavy (non-hydrogen) atoms. The van der Waals surface area contributed by atoms with Crippen molar-refractivity contribution in [3.05, 3.63) is 51.5 Å². The zero-order chi connectivity index (χ0) is 29.1. The maximum Gasteiger partial charge on any atom is 0.420 e. The normalized spacial score (nSPS) is 19.0. The van der Waals surface area contributed by atoms with E-state index in [1.807, 2.05) is 0 Å². The molecule has 1 aromatic carbocycles. The van der Waals surface area contributed by atoms with Gasteiger partial charge in [-0.15, -0.1) is 11.3 Å². The summed E-state index contributed by atoms with van der Waals surface area (Å²) in [5.41, 5.74) is 2.80. The molecule has 0 unspecified atom stereocenters. The highest BCUT2D eigenvalue weighted by molar-refractivity contribution is 7.91. The Hall–Kier alpha value is -3.03. The number of hydrogen-bond donors (Lipinski definition) is 1. The summed E-state index contributed by atoms with van der Waals surface area (Å²) in [4.78, 5) is 24.7.